The van der Waals surface area contributed by atoms with Crippen molar-refractivity contribution in [2.75, 3.05) is 61.7 Å². The number of piperidine rings is 1. The summed E-state index contributed by atoms with van der Waals surface area (Å²) < 4.78 is 69.9. The Balaban J connectivity index is 1.03. The number of nitrogens with zero attached hydrogens (tertiary/aromatic N) is 6. The summed E-state index contributed by atoms with van der Waals surface area (Å²) in [5.74, 6) is -3.74. The van der Waals surface area contributed by atoms with Gasteiger partial charge in [0.15, 0.2) is 5.82 Å². The van der Waals surface area contributed by atoms with Crippen LogP contribution in [0.1, 0.15) is 49.0 Å². The molecule has 3 fully saturated rings. The molecular formula is C38H44F3N7O5S. The summed E-state index contributed by atoms with van der Waals surface area (Å²) in [5.41, 5.74) is 1.41. The number of aliphatic carboxylic acids is 1. The van der Waals surface area contributed by atoms with Crippen LogP contribution in [0, 0.1) is 17.6 Å². The second-order valence-electron chi connectivity index (χ2n) is 14.7. The third-order valence-corrected chi connectivity index (χ3v) is 11.8. The molecule has 3 atom stereocenters. The van der Waals surface area contributed by atoms with Crippen molar-refractivity contribution in [1.29, 1.82) is 0 Å². The molecule has 0 radical (unpaired) electrons. The lowest BCUT2D eigenvalue weighted by Gasteiger charge is -2.45. The summed E-state index contributed by atoms with van der Waals surface area (Å²) in [6, 6.07) is 11.9. The Morgan fingerprint density at radius 1 is 0.963 bits per heavy atom. The number of carbonyl (C=O) groups excluding carboxylic acids is 1. The number of carboxylic acids is 1. The molecule has 0 saturated carbocycles. The molecule has 0 bridgehead atoms. The lowest BCUT2D eigenvalue weighted by Crippen LogP contribution is -2.58. The number of hydrogen-bond donors (Lipinski definition) is 3. The lowest BCUT2D eigenvalue weighted by molar-refractivity contribution is -0.140. The molecule has 12 nitrogen and oxygen atoms in total. The van der Waals surface area contributed by atoms with Crippen LogP contribution < -0.4 is 9.31 Å². The fourth-order valence-electron chi connectivity index (χ4n) is 8.29. The molecule has 2 N–H and O–H groups in total. The van der Waals surface area contributed by atoms with Gasteiger partial charge in [-0.2, -0.15) is 4.41 Å². The summed E-state index contributed by atoms with van der Waals surface area (Å²) in [6.07, 6.45) is 3.83. The first-order chi connectivity index (χ1) is 25.9. The van der Waals surface area contributed by atoms with Crippen LogP contribution in [-0.4, -0.2) is 121 Å². The van der Waals surface area contributed by atoms with E-state index < -0.39 is 51.7 Å². The average molecular weight is 768 g/mol. The van der Waals surface area contributed by atoms with Gasteiger partial charge in [0, 0.05) is 85.9 Å². The van der Waals surface area contributed by atoms with Gasteiger partial charge in [-0.05, 0) is 74.9 Å². The van der Waals surface area contributed by atoms with Gasteiger partial charge in [0.2, 0.25) is 16.7 Å². The molecule has 0 amide bonds. The molecule has 16 heteroatoms. The number of nitrogens with one attached hydrogen (secondary N) is 1. The zero-order valence-electron chi connectivity index (χ0n) is 30.1. The van der Waals surface area contributed by atoms with Crippen molar-refractivity contribution in [2.45, 2.75) is 51.4 Å². The molecule has 2 aromatic heterocycles. The summed E-state index contributed by atoms with van der Waals surface area (Å²) in [4.78, 5) is 39.3. The summed E-state index contributed by atoms with van der Waals surface area (Å²) in [7, 11) is -3.47. The average Bonchev–Trinajstić information content (AvgIpc) is 3.77. The number of pyridine rings is 1. The van der Waals surface area contributed by atoms with Crippen LogP contribution in [0.4, 0.5) is 24.5 Å². The molecule has 3 aliphatic heterocycles. The number of benzene rings is 2. The number of alkyl halides is 1. The van der Waals surface area contributed by atoms with E-state index in [1.54, 1.807) is 12.3 Å². The third-order valence-electron chi connectivity index (χ3n) is 11.0. The number of anilines is 2. The molecule has 2 aromatic carbocycles. The zero-order valence-corrected chi connectivity index (χ0v) is 31.0. The van der Waals surface area contributed by atoms with Gasteiger partial charge in [-0.3, -0.25) is 19.4 Å². The maximum Gasteiger partial charge on any atom is 0.317 e. The number of aromatic amines is 1. The van der Waals surface area contributed by atoms with E-state index >= 15 is 8.78 Å². The Morgan fingerprint density at radius 3 is 2.30 bits per heavy atom. The Kier molecular flexibility index (Phi) is 11.0. The zero-order chi connectivity index (χ0) is 38.3. The van der Waals surface area contributed by atoms with E-state index in [9.17, 15) is 27.5 Å². The van der Waals surface area contributed by atoms with Crippen molar-refractivity contribution in [2.24, 2.45) is 5.92 Å². The first-order valence-electron chi connectivity index (χ1n) is 18.3. The minimum atomic E-state index is -3.47. The van der Waals surface area contributed by atoms with Gasteiger partial charge in [0.1, 0.15) is 23.3 Å². The topological polar surface area (TPSA) is 133 Å². The molecule has 7 rings (SSSR count). The van der Waals surface area contributed by atoms with Gasteiger partial charge in [0.25, 0.3) is 0 Å². The van der Waals surface area contributed by atoms with E-state index in [-0.39, 0.29) is 43.7 Å². The largest absolute Gasteiger partial charge is 0.480 e. The maximum absolute atomic E-state index is 15.9. The number of carboxylic acid groups (broad SMARTS) is 1. The number of halogens is 3. The number of hydrogen-bond acceptors (Lipinski definition) is 9. The number of hydrazine groups is 1. The molecule has 54 heavy (non-hydrogen) atoms. The highest BCUT2D eigenvalue weighted by Crippen LogP contribution is 2.33. The normalized spacial score (nSPS) is 22.0. The van der Waals surface area contributed by atoms with E-state index in [4.69, 9.17) is 0 Å². The predicted octanol–water partition coefficient (Wildman–Crippen LogP) is 4.73. The summed E-state index contributed by atoms with van der Waals surface area (Å²) in [5, 5.41) is 10.7. The van der Waals surface area contributed by atoms with E-state index in [0.29, 0.717) is 26.9 Å². The summed E-state index contributed by atoms with van der Waals surface area (Å²) >= 11 is 0. The van der Waals surface area contributed by atoms with Gasteiger partial charge in [-0.1, -0.05) is 12.1 Å². The van der Waals surface area contributed by atoms with Crippen molar-refractivity contribution in [3.05, 3.63) is 77.6 Å². The minimum Gasteiger partial charge on any atom is -0.480 e. The van der Waals surface area contributed by atoms with Crippen molar-refractivity contribution in [3.8, 4) is 11.1 Å². The lowest BCUT2D eigenvalue weighted by atomic mass is 9.94. The number of thiol groups is 1. The minimum absolute atomic E-state index is 0.0116. The number of rotatable bonds is 11. The van der Waals surface area contributed by atoms with Crippen LogP contribution in [0.2, 0.25) is 0 Å². The van der Waals surface area contributed by atoms with Crippen LogP contribution in [0.25, 0.3) is 22.2 Å². The number of fused-ring (bicyclic) bond motifs is 1. The number of aromatic nitrogens is 2. The van der Waals surface area contributed by atoms with E-state index in [1.165, 1.54) is 6.20 Å². The highest BCUT2D eigenvalue weighted by molar-refractivity contribution is 7.73. The Labute approximate surface area is 313 Å². The highest BCUT2D eigenvalue weighted by atomic mass is 32.2. The van der Waals surface area contributed by atoms with Crippen LogP contribution in [0.3, 0.4) is 0 Å². The molecular weight excluding hydrogens is 724 g/mol. The Morgan fingerprint density at radius 2 is 1.67 bits per heavy atom. The fraction of sp³-hybridized carbons (Fsp3) is 0.447. The molecule has 0 aliphatic carbocycles. The Bertz CT molecular complexity index is 2090. The number of piperazine rings is 1. The fourth-order valence-corrected chi connectivity index (χ4v) is 8.99. The van der Waals surface area contributed by atoms with Crippen LogP contribution in [0.5, 0.6) is 0 Å². The predicted molar refractivity (Wildman–Crippen MR) is 200 cm³/mol. The molecule has 0 unspecified atom stereocenters. The van der Waals surface area contributed by atoms with Crippen LogP contribution in [-0.2, 0) is 15.7 Å². The van der Waals surface area contributed by atoms with Crippen molar-refractivity contribution in [1.82, 2.24) is 24.8 Å². The van der Waals surface area contributed by atoms with Gasteiger partial charge < -0.3 is 15.0 Å². The monoisotopic (exact) mass is 767 g/mol. The van der Waals surface area contributed by atoms with Crippen LogP contribution >= 0.6 is 0 Å². The van der Waals surface area contributed by atoms with Crippen molar-refractivity contribution < 1.29 is 36.3 Å². The standard InChI is InChI=1S/C38H44F3N7O5S/c1-23-18-44(19-24(2)47(23)22-34(49)50)20-25-9-12-45(13-10-25)29-5-3-26(4-6-29)27-15-30-31(17-43-38(30)42-16-27)37(51)35-32(40)7-8-33(36(35)41)48(54(52)53)46-14-11-28(39)21-46/h3-8,15-17,23-25,28,54H,9-14,18-22H2,1-2H3,(H,42,43)(H,49,50)/t23-,24+,28-/m1/s1. The quantitative estimate of drug-likeness (QED) is 0.146. The third kappa shape index (κ3) is 7.70. The van der Waals surface area contributed by atoms with E-state index in [2.05, 4.69) is 38.5 Å². The van der Waals surface area contributed by atoms with E-state index in [0.717, 1.165) is 74.0 Å². The number of ketones is 1. The molecule has 288 valence electrons. The van der Waals surface area contributed by atoms with Crippen molar-refractivity contribution >= 4 is 45.1 Å². The highest BCUT2D eigenvalue weighted by Gasteiger charge is 2.34. The molecule has 3 saturated heterocycles. The molecule has 3 aliphatic rings. The molecule has 5 heterocycles. The van der Waals surface area contributed by atoms with Gasteiger partial charge >= 0.3 is 5.97 Å². The van der Waals surface area contributed by atoms with Gasteiger partial charge in [-0.15, -0.1) is 0 Å². The summed E-state index contributed by atoms with van der Waals surface area (Å²) in [6.45, 7) is 8.58. The number of H-pyrrole nitrogens is 1. The molecule has 0 spiro atoms. The van der Waals surface area contributed by atoms with Crippen LogP contribution in [0.15, 0.2) is 54.9 Å². The first-order valence-corrected chi connectivity index (χ1v) is 19.4. The van der Waals surface area contributed by atoms with E-state index in [1.807, 2.05) is 24.3 Å². The smallest absolute Gasteiger partial charge is 0.317 e. The van der Waals surface area contributed by atoms with Crippen molar-refractivity contribution in [3.63, 3.8) is 0 Å². The maximum atomic E-state index is 15.9. The van der Waals surface area contributed by atoms with Gasteiger partial charge in [-0.25, -0.2) is 31.6 Å². The van der Waals surface area contributed by atoms with Gasteiger partial charge in [0.05, 0.1) is 18.7 Å². The number of carbonyl (C=O) groups is 2. The Hall–Kier alpha value is -4.51. The second kappa shape index (κ2) is 15.7. The second-order valence-corrected chi connectivity index (χ2v) is 15.5. The first kappa shape index (κ1) is 37.8. The molecule has 4 aromatic rings. The SMILES string of the molecule is C[C@@H]1CN(CC2CCN(c3ccc(-c4cnc5[nH]cc(C(=O)c6c(F)ccc(N(N7CC[C@@H](F)C7)[SH](=O)=O)c6F)c5c4)cc3)CC2)C[C@H](C)N1CC(=O)O.